The Balaban J connectivity index is 1.41. The molecule has 0 saturated carbocycles. The van der Waals surface area contributed by atoms with Crippen molar-refractivity contribution in [2.45, 2.75) is 5.16 Å². The van der Waals surface area contributed by atoms with Gasteiger partial charge in [0.05, 0.1) is 11.9 Å². The Morgan fingerprint density at radius 2 is 1.65 bits per heavy atom. The molecule has 0 spiro atoms. The van der Waals surface area contributed by atoms with Gasteiger partial charge in [0, 0.05) is 18.0 Å². The summed E-state index contributed by atoms with van der Waals surface area (Å²) in [5, 5.41) is 5.91. The zero-order valence-electron chi connectivity index (χ0n) is 13.9. The number of H-pyrrole nitrogens is 1. The lowest BCUT2D eigenvalue weighted by atomic mass is 10.2. The molecule has 2 amide bonds. The summed E-state index contributed by atoms with van der Waals surface area (Å²) in [6, 6.07) is 18.8. The van der Waals surface area contributed by atoms with E-state index in [1.807, 2.05) is 36.4 Å². The van der Waals surface area contributed by atoms with Gasteiger partial charge in [-0.3, -0.25) is 9.59 Å². The minimum Gasteiger partial charge on any atom is -0.347 e. The van der Waals surface area contributed by atoms with Crippen molar-refractivity contribution in [3.63, 3.8) is 0 Å². The van der Waals surface area contributed by atoms with Crippen LogP contribution in [0.5, 0.6) is 0 Å². The summed E-state index contributed by atoms with van der Waals surface area (Å²) in [6.07, 6.45) is 1.78. The van der Waals surface area contributed by atoms with Gasteiger partial charge in [-0.25, -0.2) is 4.98 Å². The molecule has 6 nitrogen and oxygen atoms in total. The molecule has 7 heteroatoms. The van der Waals surface area contributed by atoms with E-state index in [4.69, 9.17) is 0 Å². The maximum atomic E-state index is 11.8. The molecule has 0 atom stereocenters. The number of rotatable bonds is 6. The first kappa shape index (κ1) is 17.8. The third-order valence-electron chi connectivity index (χ3n) is 3.50. The minimum absolute atomic E-state index is 0.368. The van der Waals surface area contributed by atoms with Gasteiger partial charge in [0.2, 0.25) is 0 Å². The quantitative estimate of drug-likeness (QED) is 0.356. The number of amides is 2. The first-order valence-corrected chi connectivity index (χ1v) is 9.08. The summed E-state index contributed by atoms with van der Waals surface area (Å²) in [5.41, 5.74) is 2.60. The Labute approximate surface area is 155 Å². The van der Waals surface area contributed by atoms with E-state index >= 15 is 0 Å². The minimum atomic E-state index is -0.675. The second-order valence-electron chi connectivity index (χ2n) is 5.39. The third-order valence-corrected chi connectivity index (χ3v) is 4.39. The number of nitrogens with one attached hydrogen (secondary N) is 3. The maximum Gasteiger partial charge on any atom is 0.313 e. The van der Waals surface area contributed by atoms with Crippen LogP contribution >= 0.6 is 11.8 Å². The van der Waals surface area contributed by atoms with Gasteiger partial charge in [-0.1, -0.05) is 60.3 Å². The Kier molecular flexibility index (Phi) is 6.05. The lowest BCUT2D eigenvalue weighted by Gasteiger charge is -2.05. The molecule has 0 aliphatic carbocycles. The fourth-order valence-electron chi connectivity index (χ4n) is 2.24. The van der Waals surface area contributed by atoms with E-state index in [0.717, 1.165) is 16.4 Å². The molecular formula is C19H18N4O2S. The first-order chi connectivity index (χ1) is 12.7. The van der Waals surface area contributed by atoms with Crippen molar-refractivity contribution in [2.24, 2.45) is 0 Å². The molecular weight excluding hydrogens is 348 g/mol. The highest BCUT2D eigenvalue weighted by atomic mass is 32.2. The lowest BCUT2D eigenvalue weighted by Crippen LogP contribution is -2.36. The highest BCUT2D eigenvalue weighted by molar-refractivity contribution is 7.99. The molecule has 0 fully saturated rings. The summed E-state index contributed by atoms with van der Waals surface area (Å²) in [6.45, 7) is 0.368. The van der Waals surface area contributed by atoms with Crippen LogP contribution in [0.2, 0.25) is 0 Å². The number of carbonyl (C=O) groups excluding carboxylic acids is 2. The van der Waals surface area contributed by atoms with Crippen LogP contribution in [-0.4, -0.2) is 34.1 Å². The fourth-order valence-corrected chi connectivity index (χ4v) is 2.95. The second-order valence-corrected chi connectivity index (χ2v) is 6.48. The molecule has 1 heterocycles. The van der Waals surface area contributed by atoms with Crippen molar-refractivity contribution in [3.05, 3.63) is 66.9 Å². The number of hydrogen-bond donors (Lipinski definition) is 3. The Bertz CT molecular complexity index is 866. The number of aromatic amines is 1. The topological polar surface area (TPSA) is 86.9 Å². The van der Waals surface area contributed by atoms with Crippen LogP contribution in [0, 0.1) is 0 Å². The normalized spacial score (nSPS) is 10.3. The van der Waals surface area contributed by atoms with Crippen molar-refractivity contribution in [3.8, 4) is 11.3 Å². The number of hydrogen-bond acceptors (Lipinski definition) is 4. The zero-order valence-corrected chi connectivity index (χ0v) is 14.8. The monoisotopic (exact) mass is 366 g/mol. The number of imidazole rings is 1. The summed E-state index contributed by atoms with van der Waals surface area (Å²) in [5.74, 6) is -0.726. The van der Waals surface area contributed by atoms with Crippen molar-refractivity contribution < 1.29 is 9.59 Å². The summed E-state index contributed by atoms with van der Waals surface area (Å²) in [4.78, 5) is 31.1. The van der Waals surface area contributed by atoms with E-state index < -0.39 is 11.8 Å². The van der Waals surface area contributed by atoms with Crippen LogP contribution in [-0.2, 0) is 9.59 Å². The molecule has 1 aromatic heterocycles. The number of aromatic nitrogens is 2. The summed E-state index contributed by atoms with van der Waals surface area (Å²) in [7, 11) is 0. The molecule has 3 rings (SSSR count). The second kappa shape index (κ2) is 8.87. The van der Waals surface area contributed by atoms with E-state index in [-0.39, 0.29) is 0 Å². The van der Waals surface area contributed by atoms with Crippen LogP contribution in [0.25, 0.3) is 11.3 Å². The number of thioether (sulfide) groups is 1. The Morgan fingerprint density at radius 3 is 2.38 bits per heavy atom. The zero-order chi connectivity index (χ0) is 18.2. The van der Waals surface area contributed by atoms with E-state index in [0.29, 0.717) is 18.0 Å². The molecule has 0 aliphatic rings. The van der Waals surface area contributed by atoms with Gasteiger partial charge in [-0.15, -0.1) is 0 Å². The van der Waals surface area contributed by atoms with Crippen LogP contribution in [0.3, 0.4) is 0 Å². The van der Waals surface area contributed by atoms with Gasteiger partial charge < -0.3 is 15.6 Å². The molecule has 132 valence electrons. The van der Waals surface area contributed by atoms with Crippen molar-refractivity contribution in [1.82, 2.24) is 15.3 Å². The van der Waals surface area contributed by atoms with Crippen molar-refractivity contribution in [1.29, 1.82) is 0 Å². The summed E-state index contributed by atoms with van der Waals surface area (Å²) >= 11 is 1.48. The molecule has 0 bridgehead atoms. The first-order valence-electron chi connectivity index (χ1n) is 8.10. The summed E-state index contributed by atoms with van der Waals surface area (Å²) < 4.78 is 0. The molecule has 0 aliphatic heterocycles. The third kappa shape index (κ3) is 4.97. The average Bonchev–Trinajstić information content (AvgIpc) is 3.15. The molecule has 26 heavy (non-hydrogen) atoms. The van der Waals surface area contributed by atoms with Crippen molar-refractivity contribution in [2.75, 3.05) is 17.6 Å². The van der Waals surface area contributed by atoms with Gasteiger partial charge in [0.25, 0.3) is 0 Å². The number of anilines is 1. The molecule has 0 saturated heterocycles. The molecule has 0 unspecified atom stereocenters. The lowest BCUT2D eigenvalue weighted by molar-refractivity contribution is -0.136. The number of nitrogens with zero attached hydrogens (tertiary/aromatic N) is 1. The predicted octanol–water partition coefficient (Wildman–Crippen LogP) is 2.92. The van der Waals surface area contributed by atoms with E-state index in [1.54, 1.807) is 30.5 Å². The van der Waals surface area contributed by atoms with E-state index in [1.165, 1.54) is 11.8 Å². The highest BCUT2D eigenvalue weighted by Crippen LogP contribution is 2.20. The standard InChI is InChI=1S/C19H18N4O2S/c24-17(18(25)22-15-9-5-2-6-10-15)20-11-12-26-19-21-13-16(23-19)14-7-3-1-4-8-14/h1-10,13H,11-12H2,(H,20,24)(H,21,23)(H,22,25). The molecule has 3 aromatic rings. The fraction of sp³-hybridized carbons (Fsp3) is 0.105. The predicted molar refractivity (Wildman–Crippen MR) is 103 cm³/mol. The van der Waals surface area contributed by atoms with Crippen molar-refractivity contribution >= 4 is 29.3 Å². The van der Waals surface area contributed by atoms with Gasteiger partial charge in [0.1, 0.15) is 0 Å². The van der Waals surface area contributed by atoms with Gasteiger partial charge in [0.15, 0.2) is 5.16 Å². The Morgan fingerprint density at radius 1 is 0.962 bits per heavy atom. The van der Waals surface area contributed by atoms with E-state index in [2.05, 4.69) is 20.6 Å². The van der Waals surface area contributed by atoms with Gasteiger partial charge in [-0.2, -0.15) is 0 Å². The Hall–Kier alpha value is -3.06. The molecule has 2 aromatic carbocycles. The van der Waals surface area contributed by atoms with Gasteiger partial charge in [-0.05, 0) is 17.7 Å². The number of para-hydroxylation sites is 1. The number of benzene rings is 2. The highest BCUT2D eigenvalue weighted by Gasteiger charge is 2.13. The maximum absolute atomic E-state index is 11.8. The SMILES string of the molecule is O=C(NCCSc1ncc(-c2ccccc2)[nH]1)C(=O)Nc1ccccc1. The largest absolute Gasteiger partial charge is 0.347 e. The van der Waals surface area contributed by atoms with Crippen LogP contribution in [0.1, 0.15) is 0 Å². The van der Waals surface area contributed by atoms with E-state index in [9.17, 15) is 9.59 Å². The van der Waals surface area contributed by atoms with Crippen LogP contribution in [0.4, 0.5) is 5.69 Å². The molecule has 3 N–H and O–H groups in total. The number of carbonyl (C=O) groups is 2. The van der Waals surface area contributed by atoms with Crippen LogP contribution < -0.4 is 10.6 Å². The smallest absolute Gasteiger partial charge is 0.313 e. The average molecular weight is 366 g/mol. The van der Waals surface area contributed by atoms with Crippen LogP contribution in [0.15, 0.2) is 72.0 Å². The van der Waals surface area contributed by atoms with Gasteiger partial charge >= 0.3 is 11.8 Å². The molecule has 0 radical (unpaired) electrons.